The Bertz CT molecular complexity index is 1140. The Hall–Kier alpha value is 1.08. The first kappa shape index (κ1) is 45.8. The smallest absolute Gasteiger partial charge is 0.0627 e. The highest BCUT2D eigenvalue weighted by atomic mass is 30.1. The average molecular weight is 803 g/mol. The first-order valence-electron chi connectivity index (χ1n) is 22.4. The summed E-state index contributed by atoms with van der Waals surface area (Å²) in [4.78, 5) is 0. The third-order valence-corrected chi connectivity index (χ3v) is 114. The van der Waals surface area contributed by atoms with Crippen molar-refractivity contribution in [3.63, 3.8) is 0 Å². The molecule has 4 saturated carbocycles. The molecular weight excluding hydrogens is 705 g/mol. The van der Waals surface area contributed by atoms with E-state index < -0.39 is 37.2 Å². The molecular formula is C47H97Si5+. The molecule has 1 atom stereocenters. The van der Waals surface area contributed by atoms with E-state index in [9.17, 15) is 0 Å². The van der Waals surface area contributed by atoms with Gasteiger partial charge in [0.1, 0.15) is 15.2 Å². The lowest BCUT2D eigenvalue weighted by Gasteiger charge is -2.72. The molecule has 5 heteroatoms. The van der Waals surface area contributed by atoms with Gasteiger partial charge in [-0.3, -0.25) is 0 Å². The number of hydrogen-bond acceptors (Lipinski definition) is 0. The maximum atomic E-state index is 2.88. The van der Waals surface area contributed by atoms with E-state index >= 15 is 0 Å². The lowest BCUT2D eigenvalue weighted by molar-refractivity contribution is -0.0447. The van der Waals surface area contributed by atoms with Crippen molar-refractivity contribution in [2.45, 2.75) is 276 Å². The van der Waals surface area contributed by atoms with Crippen LogP contribution in [0.4, 0.5) is 0 Å². The normalized spacial score (nSPS) is 29.9. The van der Waals surface area contributed by atoms with Gasteiger partial charge in [0.15, 0.2) is 0 Å². The van der Waals surface area contributed by atoms with Gasteiger partial charge in [-0.1, -0.05) is 187 Å². The highest BCUT2D eigenvalue weighted by Gasteiger charge is 3.09. The van der Waals surface area contributed by atoms with Crippen molar-refractivity contribution >= 4 is 37.2 Å². The van der Waals surface area contributed by atoms with Gasteiger partial charge in [-0.05, 0) is 107 Å². The molecule has 4 bridgehead atoms. The first-order valence-corrected chi connectivity index (χ1v) is 36.0. The van der Waals surface area contributed by atoms with Crippen LogP contribution in [0.15, 0.2) is 0 Å². The first-order chi connectivity index (χ1) is 22.5. The van der Waals surface area contributed by atoms with Crippen molar-refractivity contribution in [3.8, 4) is 0 Å². The quantitative estimate of drug-likeness (QED) is 0.248. The Labute approximate surface area is 334 Å². The molecule has 1 saturated heterocycles. The summed E-state index contributed by atoms with van der Waals surface area (Å²) in [6, 6.07) is 0. The van der Waals surface area contributed by atoms with E-state index in [1.807, 2.05) is 0 Å². The van der Waals surface area contributed by atoms with Gasteiger partial charge in [0.25, 0.3) is 0 Å². The van der Waals surface area contributed by atoms with Crippen molar-refractivity contribution in [2.24, 2.45) is 23.2 Å². The Morgan fingerprint density at radius 2 is 0.577 bits per heavy atom. The highest BCUT2D eigenvalue weighted by molar-refractivity contribution is 8.07. The third kappa shape index (κ3) is 5.47. The molecule has 5 fully saturated rings. The second-order valence-corrected chi connectivity index (χ2v) is 74.7. The van der Waals surface area contributed by atoms with Crippen LogP contribution in [0.25, 0.3) is 0 Å². The van der Waals surface area contributed by atoms with Gasteiger partial charge in [-0.15, -0.1) is 0 Å². The molecule has 5 rings (SSSR count). The summed E-state index contributed by atoms with van der Waals surface area (Å²) in [7, 11) is -7.68. The van der Waals surface area contributed by atoms with E-state index in [1.165, 1.54) is 0 Å². The van der Waals surface area contributed by atoms with Crippen LogP contribution in [-0.2, 0) is 0 Å². The average Bonchev–Trinajstić information content (AvgIpc) is 3.38. The summed E-state index contributed by atoms with van der Waals surface area (Å²) in [5, 5.41) is 4.00. The van der Waals surface area contributed by atoms with Gasteiger partial charge in [0.2, 0.25) is 22.0 Å². The van der Waals surface area contributed by atoms with Gasteiger partial charge in [0, 0.05) is 0 Å². The molecule has 0 N–H and O–H groups in total. The fourth-order valence-corrected chi connectivity index (χ4v) is 212. The molecule has 5 aliphatic rings. The van der Waals surface area contributed by atoms with Crippen LogP contribution in [0.1, 0.15) is 225 Å². The molecule has 304 valence electrons. The molecule has 0 spiro atoms. The fraction of sp³-hybridized carbons (Fsp3) is 1.00. The van der Waals surface area contributed by atoms with Crippen LogP contribution in [0.5, 0.6) is 0 Å². The molecule has 0 nitrogen and oxygen atoms in total. The zero-order valence-electron chi connectivity index (χ0n) is 41.1. The number of hydrogen-bond donors (Lipinski definition) is 0. The Morgan fingerprint density at radius 3 is 0.750 bits per heavy atom. The summed E-state index contributed by atoms with van der Waals surface area (Å²) < 4.78 is 0. The summed E-state index contributed by atoms with van der Waals surface area (Å²) in [5.74, 6) is 3.05. The lowest BCUT2D eigenvalue weighted by Crippen LogP contribution is -2.89. The standard InChI is InChI=1S/C47H97Si5/c1-38(2,3)50(39(4,5)6,40(7,8)9)48-37(47-31-34-28-35(32-47)30-36(29-34)33-47)49(48,51(41(10,11)12,42(13,14)15)43(16,17)18)52(44(19,20)21,45(22,23)24)46(25,26)27/h34-37H,28-33H2,1-27H3/q+1. The van der Waals surface area contributed by atoms with Crippen LogP contribution in [-0.4, -0.2) is 37.2 Å². The molecule has 0 aromatic heterocycles. The van der Waals surface area contributed by atoms with Crippen molar-refractivity contribution in [1.82, 2.24) is 0 Å². The van der Waals surface area contributed by atoms with Crippen molar-refractivity contribution in [2.75, 3.05) is 0 Å². The maximum absolute atomic E-state index is 2.88. The second kappa shape index (κ2) is 12.1. The minimum Gasteiger partial charge on any atom is -0.0627 e. The molecule has 0 aromatic rings. The SMILES string of the molecule is CC(C)(C)[Si]([Si+]1C(C23CC4CC(CC(C4)C2)C3)[Si]1([Si](C(C)(C)C)(C(C)(C)C)C(C)(C)C)[Si](C(C)(C)C)(C(C)(C)C)C(C)(C)C)(C(C)(C)C)C(C)(C)C. The van der Waals surface area contributed by atoms with E-state index in [4.69, 9.17) is 0 Å². The predicted octanol–water partition coefficient (Wildman–Crippen LogP) is 16.9. The van der Waals surface area contributed by atoms with E-state index in [1.54, 1.807) is 38.5 Å². The summed E-state index contributed by atoms with van der Waals surface area (Å²) in [5.41, 5.74) is 0.606. The summed E-state index contributed by atoms with van der Waals surface area (Å²) >= 11 is 0. The number of rotatable bonds is 4. The minimum atomic E-state index is -2.33. The maximum Gasteiger partial charge on any atom is 0.234 e. The van der Waals surface area contributed by atoms with E-state index in [0.29, 0.717) is 50.8 Å². The second-order valence-electron chi connectivity index (χ2n) is 29.4. The molecule has 0 aromatic carbocycles. The molecule has 1 heterocycles. The molecule has 4 aliphatic carbocycles. The molecule has 1 unspecified atom stereocenters. The molecule has 52 heavy (non-hydrogen) atoms. The highest BCUT2D eigenvalue weighted by Crippen LogP contribution is 2.89. The van der Waals surface area contributed by atoms with Crippen molar-refractivity contribution in [1.29, 1.82) is 0 Å². The van der Waals surface area contributed by atoms with Crippen molar-refractivity contribution < 1.29 is 0 Å². The van der Waals surface area contributed by atoms with Crippen LogP contribution < -0.4 is 0 Å². The zero-order valence-corrected chi connectivity index (χ0v) is 46.1. The van der Waals surface area contributed by atoms with E-state index in [-0.39, 0.29) is 0 Å². The Kier molecular flexibility index (Phi) is 10.6. The van der Waals surface area contributed by atoms with Gasteiger partial charge in [-0.2, -0.15) is 0 Å². The lowest BCUT2D eigenvalue weighted by atomic mass is 9.50. The van der Waals surface area contributed by atoms with E-state index in [0.717, 1.165) is 22.9 Å². The Balaban J connectivity index is 2.59. The molecule has 1 aliphatic heterocycles. The van der Waals surface area contributed by atoms with E-state index in [2.05, 4.69) is 187 Å². The zero-order chi connectivity index (χ0) is 41.1. The van der Waals surface area contributed by atoms with Gasteiger partial charge in [-0.25, -0.2) is 0 Å². The topological polar surface area (TPSA) is 0 Å². The molecule has 0 amide bonds. The van der Waals surface area contributed by atoms with Crippen LogP contribution in [0.3, 0.4) is 0 Å². The van der Waals surface area contributed by atoms with Crippen LogP contribution in [0, 0.1) is 23.2 Å². The third-order valence-electron chi connectivity index (χ3n) is 17.5. The largest absolute Gasteiger partial charge is 0.234 e. The summed E-state index contributed by atoms with van der Waals surface area (Å²) in [6.45, 7) is 75.0. The summed E-state index contributed by atoms with van der Waals surface area (Å²) in [6.07, 6.45) is 9.56. The predicted molar refractivity (Wildman–Crippen MR) is 251 cm³/mol. The van der Waals surface area contributed by atoms with Gasteiger partial charge >= 0.3 is 0 Å². The fourth-order valence-electron chi connectivity index (χ4n) is 22.1. The van der Waals surface area contributed by atoms with Gasteiger partial charge < -0.3 is 0 Å². The van der Waals surface area contributed by atoms with Gasteiger partial charge in [0.05, 0.1) is 5.16 Å². The molecule has 0 radical (unpaired) electrons. The minimum absolute atomic E-state index is 0.316. The van der Waals surface area contributed by atoms with Crippen LogP contribution in [0.2, 0.25) is 50.5 Å². The Morgan fingerprint density at radius 1 is 0.365 bits per heavy atom. The van der Waals surface area contributed by atoms with Crippen molar-refractivity contribution in [3.05, 3.63) is 0 Å². The van der Waals surface area contributed by atoms with Crippen LogP contribution >= 0.6 is 0 Å². The monoisotopic (exact) mass is 802 g/mol.